The van der Waals surface area contributed by atoms with E-state index in [1.54, 1.807) is 24.3 Å². The summed E-state index contributed by atoms with van der Waals surface area (Å²) < 4.78 is 14.1. The Morgan fingerprint density at radius 2 is 1.94 bits per heavy atom. The summed E-state index contributed by atoms with van der Waals surface area (Å²) in [5.41, 5.74) is 3.80. The molecule has 4 aromatic rings. The highest BCUT2D eigenvalue weighted by atomic mass is 79.9. The van der Waals surface area contributed by atoms with Crippen LogP contribution in [0.5, 0.6) is 5.75 Å². The molecule has 2 aromatic carbocycles. The summed E-state index contributed by atoms with van der Waals surface area (Å²) >= 11 is 9.52. The van der Waals surface area contributed by atoms with Crippen LogP contribution < -0.4 is 10.1 Å². The van der Waals surface area contributed by atoms with Gasteiger partial charge >= 0.3 is 0 Å². The molecular formula is C24H21BrClN3O3. The van der Waals surface area contributed by atoms with E-state index in [2.05, 4.69) is 26.3 Å². The van der Waals surface area contributed by atoms with Gasteiger partial charge < -0.3 is 14.5 Å². The molecular weight excluding hydrogens is 494 g/mol. The lowest BCUT2D eigenvalue weighted by atomic mass is 10.2. The maximum atomic E-state index is 12.6. The number of aromatic nitrogens is 2. The Morgan fingerprint density at radius 3 is 2.69 bits per heavy atom. The summed E-state index contributed by atoms with van der Waals surface area (Å²) in [5.74, 6) is 0.984. The lowest BCUT2D eigenvalue weighted by Crippen LogP contribution is -2.23. The van der Waals surface area contributed by atoms with Crippen LogP contribution >= 0.6 is 27.5 Å². The van der Waals surface area contributed by atoms with E-state index in [9.17, 15) is 4.79 Å². The average molecular weight is 515 g/mol. The van der Waals surface area contributed by atoms with Crippen LogP contribution in [0, 0.1) is 13.8 Å². The van der Waals surface area contributed by atoms with Gasteiger partial charge in [0.25, 0.3) is 5.91 Å². The Balaban J connectivity index is 1.38. The number of benzene rings is 2. The SMILES string of the molecule is Cc1nn(-c2ccccc2)c(C)c1CNC(=O)c1ccc(COc2ccc(Br)cc2Cl)o1. The van der Waals surface area contributed by atoms with E-state index in [1.165, 1.54) is 0 Å². The van der Waals surface area contributed by atoms with E-state index in [0.29, 0.717) is 23.1 Å². The van der Waals surface area contributed by atoms with Crippen molar-refractivity contribution in [3.8, 4) is 11.4 Å². The number of nitrogens with one attached hydrogen (secondary N) is 1. The molecule has 0 spiro atoms. The molecule has 0 atom stereocenters. The number of aryl methyl sites for hydroxylation is 1. The van der Waals surface area contributed by atoms with Gasteiger partial charge in [0.05, 0.1) is 16.4 Å². The Morgan fingerprint density at radius 1 is 1.16 bits per heavy atom. The van der Waals surface area contributed by atoms with E-state index < -0.39 is 0 Å². The number of para-hydroxylation sites is 1. The number of rotatable bonds is 7. The Hall–Kier alpha value is -3.03. The lowest BCUT2D eigenvalue weighted by molar-refractivity contribution is 0.0919. The van der Waals surface area contributed by atoms with Crippen LogP contribution in [0.4, 0.5) is 0 Å². The standard InChI is InChI=1S/C24H21BrClN3O3/c1-15-20(16(2)29(28-15)18-6-4-3-5-7-18)13-27-24(30)23-11-9-19(32-23)14-31-22-10-8-17(25)12-21(22)26/h3-12H,13-14H2,1-2H3,(H,27,30). The molecule has 2 aromatic heterocycles. The third-order valence-electron chi connectivity index (χ3n) is 5.02. The quantitative estimate of drug-likeness (QED) is 0.328. The second-order valence-electron chi connectivity index (χ2n) is 7.21. The normalized spacial score (nSPS) is 10.9. The zero-order valence-electron chi connectivity index (χ0n) is 17.6. The first-order valence-electron chi connectivity index (χ1n) is 9.97. The summed E-state index contributed by atoms with van der Waals surface area (Å²) in [4.78, 5) is 12.6. The van der Waals surface area contributed by atoms with E-state index in [1.807, 2.05) is 54.9 Å². The van der Waals surface area contributed by atoms with Gasteiger partial charge in [-0.15, -0.1) is 0 Å². The minimum atomic E-state index is -0.302. The maximum Gasteiger partial charge on any atom is 0.287 e. The minimum Gasteiger partial charge on any atom is -0.484 e. The van der Waals surface area contributed by atoms with Gasteiger partial charge in [0.15, 0.2) is 5.76 Å². The first kappa shape index (κ1) is 22.2. The van der Waals surface area contributed by atoms with Crippen LogP contribution in [0.2, 0.25) is 5.02 Å². The number of amides is 1. The molecule has 8 heteroatoms. The fraction of sp³-hybridized carbons (Fsp3) is 0.167. The number of nitrogens with zero attached hydrogens (tertiary/aromatic N) is 2. The summed E-state index contributed by atoms with van der Waals surface area (Å²) in [6.45, 7) is 4.44. The highest BCUT2D eigenvalue weighted by molar-refractivity contribution is 9.10. The van der Waals surface area contributed by atoms with Gasteiger partial charge in [-0.05, 0) is 56.3 Å². The van der Waals surface area contributed by atoms with Gasteiger partial charge in [-0.2, -0.15) is 5.10 Å². The molecule has 0 unspecified atom stereocenters. The maximum absolute atomic E-state index is 12.6. The number of hydrogen-bond acceptors (Lipinski definition) is 4. The van der Waals surface area contributed by atoms with Crippen molar-refractivity contribution in [1.82, 2.24) is 15.1 Å². The fourth-order valence-corrected chi connectivity index (χ4v) is 4.05. The van der Waals surface area contributed by atoms with Crippen molar-refractivity contribution >= 4 is 33.4 Å². The average Bonchev–Trinajstić information content (AvgIpc) is 3.37. The van der Waals surface area contributed by atoms with Crippen molar-refractivity contribution in [2.45, 2.75) is 27.0 Å². The third kappa shape index (κ3) is 4.89. The van der Waals surface area contributed by atoms with E-state index in [-0.39, 0.29) is 18.3 Å². The van der Waals surface area contributed by atoms with Crippen LogP contribution in [0.15, 0.2) is 69.6 Å². The first-order valence-corrected chi connectivity index (χ1v) is 11.1. The third-order valence-corrected chi connectivity index (χ3v) is 5.81. The summed E-state index contributed by atoms with van der Waals surface area (Å²) in [6.07, 6.45) is 0. The predicted octanol–water partition coefficient (Wildman–Crippen LogP) is 6.01. The number of carbonyl (C=O) groups is 1. The predicted molar refractivity (Wildman–Crippen MR) is 126 cm³/mol. The molecule has 0 saturated heterocycles. The van der Waals surface area contributed by atoms with Crippen molar-refractivity contribution in [3.63, 3.8) is 0 Å². The van der Waals surface area contributed by atoms with Crippen LogP contribution in [-0.4, -0.2) is 15.7 Å². The molecule has 0 bridgehead atoms. The molecule has 6 nitrogen and oxygen atoms in total. The van der Waals surface area contributed by atoms with Gasteiger partial charge in [0.2, 0.25) is 0 Å². The molecule has 2 heterocycles. The topological polar surface area (TPSA) is 69.3 Å². The highest BCUT2D eigenvalue weighted by Gasteiger charge is 2.16. The summed E-state index contributed by atoms with van der Waals surface area (Å²) in [5, 5.41) is 8.01. The first-order chi connectivity index (χ1) is 15.4. The van der Waals surface area contributed by atoms with E-state index in [0.717, 1.165) is 27.1 Å². The number of halogens is 2. The molecule has 0 aliphatic carbocycles. The van der Waals surface area contributed by atoms with Crippen molar-refractivity contribution in [1.29, 1.82) is 0 Å². The van der Waals surface area contributed by atoms with Gasteiger partial charge in [-0.25, -0.2) is 4.68 Å². The lowest BCUT2D eigenvalue weighted by Gasteiger charge is -2.07. The second kappa shape index (κ2) is 9.63. The fourth-order valence-electron chi connectivity index (χ4n) is 3.33. The molecule has 0 radical (unpaired) electrons. The molecule has 32 heavy (non-hydrogen) atoms. The molecule has 1 N–H and O–H groups in total. The Bertz CT molecular complexity index is 1250. The van der Waals surface area contributed by atoms with Gasteiger partial charge in [-0.1, -0.05) is 45.7 Å². The molecule has 0 aliphatic rings. The van der Waals surface area contributed by atoms with Gasteiger partial charge in [0.1, 0.15) is 18.1 Å². The Labute approximate surface area is 199 Å². The highest BCUT2D eigenvalue weighted by Crippen LogP contribution is 2.28. The number of furan rings is 1. The zero-order chi connectivity index (χ0) is 22.7. The zero-order valence-corrected chi connectivity index (χ0v) is 19.9. The van der Waals surface area contributed by atoms with Crippen molar-refractivity contribution in [2.24, 2.45) is 0 Å². The number of ether oxygens (including phenoxy) is 1. The monoisotopic (exact) mass is 513 g/mol. The van der Waals surface area contributed by atoms with Crippen molar-refractivity contribution < 1.29 is 13.9 Å². The molecule has 0 saturated carbocycles. The smallest absolute Gasteiger partial charge is 0.287 e. The summed E-state index contributed by atoms with van der Waals surface area (Å²) in [7, 11) is 0. The molecule has 0 fully saturated rings. The summed E-state index contributed by atoms with van der Waals surface area (Å²) in [6, 6.07) is 18.6. The second-order valence-corrected chi connectivity index (χ2v) is 8.53. The Kier molecular flexibility index (Phi) is 6.67. The van der Waals surface area contributed by atoms with Crippen molar-refractivity contribution in [3.05, 3.63) is 98.6 Å². The largest absolute Gasteiger partial charge is 0.484 e. The number of carbonyl (C=O) groups excluding carboxylic acids is 1. The van der Waals surface area contributed by atoms with Crippen LogP contribution in [0.25, 0.3) is 5.69 Å². The van der Waals surface area contributed by atoms with E-state index in [4.69, 9.17) is 20.8 Å². The molecule has 1 amide bonds. The van der Waals surface area contributed by atoms with Crippen LogP contribution in [0.3, 0.4) is 0 Å². The van der Waals surface area contributed by atoms with Crippen LogP contribution in [-0.2, 0) is 13.2 Å². The van der Waals surface area contributed by atoms with Gasteiger partial charge in [-0.3, -0.25) is 4.79 Å². The molecule has 4 rings (SSSR count). The van der Waals surface area contributed by atoms with Crippen LogP contribution in [0.1, 0.15) is 33.3 Å². The molecule has 164 valence electrons. The van der Waals surface area contributed by atoms with E-state index >= 15 is 0 Å². The molecule has 0 aliphatic heterocycles. The van der Waals surface area contributed by atoms with Gasteiger partial charge in [0, 0.05) is 22.3 Å². The number of hydrogen-bond donors (Lipinski definition) is 1. The minimum absolute atomic E-state index is 0.163. The van der Waals surface area contributed by atoms with Crippen molar-refractivity contribution in [2.75, 3.05) is 0 Å².